The summed E-state index contributed by atoms with van der Waals surface area (Å²) in [6.07, 6.45) is 17.2. The Bertz CT molecular complexity index is 323. The first kappa shape index (κ1) is 8.31. The van der Waals surface area contributed by atoms with Gasteiger partial charge in [-0.3, -0.25) is 0 Å². The normalized spacial score (nSPS) is 23.2. The van der Waals surface area contributed by atoms with Crippen LogP contribution in [0.25, 0.3) is 0 Å². The van der Waals surface area contributed by atoms with Gasteiger partial charge in [-0.15, -0.1) is 0 Å². The van der Waals surface area contributed by atoms with E-state index in [1.54, 1.807) is 0 Å². The van der Waals surface area contributed by atoms with Crippen LogP contribution >= 0.6 is 0 Å². The van der Waals surface area contributed by atoms with Crippen LogP contribution in [0.5, 0.6) is 0 Å². The number of allylic oxidation sites excluding steroid dienone is 10. The molecule has 2 aliphatic carbocycles. The number of hydrogen-bond donors (Lipinski definition) is 0. The Kier molecular flexibility index (Phi) is 1.84. The number of fused-ring (bicyclic) bond motifs is 2. The number of hydrogen-bond acceptors (Lipinski definition) is 0. The van der Waals surface area contributed by atoms with Crippen molar-refractivity contribution >= 4 is 0 Å². The van der Waals surface area contributed by atoms with Gasteiger partial charge in [-0.2, -0.15) is 0 Å². The maximum Gasteiger partial charge on any atom is 0.0146 e. The summed E-state index contributed by atoms with van der Waals surface area (Å²) in [5.41, 5.74) is 2.89. The molecule has 0 nitrogen and oxygen atoms in total. The first-order valence-electron chi connectivity index (χ1n) is 4.65. The standard InChI is InChI=1S/C13H14/c1-13(2)11-7-3-4-8-12(13)10-6-5-9-11/h3-10H,1-2H3. The van der Waals surface area contributed by atoms with E-state index in [-0.39, 0.29) is 5.41 Å². The van der Waals surface area contributed by atoms with Gasteiger partial charge in [0.1, 0.15) is 0 Å². The van der Waals surface area contributed by atoms with E-state index >= 15 is 0 Å². The largest absolute Gasteiger partial charge is 0.0620 e. The minimum atomic E-state index is 0.146. The molecule has 0 heterocycles. The molecule has 0 aromatic carbocycles. The molecule has 0 amide bonds. The van der Waals surface area contributed by atoms with Gasteiger partial charge in [0.15, 0.2) is 0 Å². The second kappa shape index (κ2) is 2.88. The molecule has 0 N–H and O–H groups in total. The molecular weight excluding hydrogens is 156 g/mol. The van der Waals surface area contributed by atoms with E-state index < -0.39 is 0 Å². The lowest BCUT2D eigenvalue weighted by Gasteiger charge is -2.26. The van der Waals surface area contributed by atoms with E-state index in [2.05, 4.69) is 62.5 Å². The lowest BCUT2D eigenvalue weighted by molar-refractivity contribution is 0.569. The second-order valence-corrected chi connectivity index (χ2v) is 3.97. The highest BCUT2D eigenvalue weighted by Crippen LogP contribution is 2.38. The highest BCUT2D eigenvalue weighted by Gasteiger charge is 2.25. The van der Waals surface area contributed by atoms with E-state index in [9.17, 15) is 0 Å². The molecule has 2 aliphatic rings. The Hall–Kier alpha value is -1.30. The van der Waals surface area contributed by atoms with Gasteiger partial charge in [-0.25, -0.2) is 0 Å². The van der Waals surface area contributed by atoms with Crippen LogP contribution < -0.4 is 0 Å². The van der Waals surface area contributed by atoms with E-state index in [0.717, 1.165) is 0 Å². The van der Waals surface area contributed by atoms with Crippen LogP contribution in [0.2, 0.25) is 0 Å². The first-order valence-corrected chi connectivity index (χ1v) is 4.65. The van der Waals surface area contributed by atoms with Crippen molar-refractivity contribution in [1.29, 1.82) is 0 Å². The molecule has 0 spiro atoms. The molecule has 0 saturated carbocycles. The van der Waals surface area contributed by atoms with Crippen molar-refractivity contribution in [2.75, 3.05) is 0 Å². The third kappa shape index (κ3) is 1.33. The summed E-state index contributed by atoms with van der Waals surface area (Å²) in [5, 5.41) is 0. The van der Waals surface area contributed by atoms with Crippen LogP contribution in [0.1, 0.15) is 13.8 Å². The van der Waals surface area contributed by atoms with Crippen molar-refractivity contribution in [2.45, 2.75) is 13.8 Å². The Morgan fingerprint density at radius 2 is 1.23 bits per heavy atom. The molecule has 0 aromatic rings. The maximum atomic E-state index is 2.26. The smallest absolute Gasteiger partial charge is 0.0146 e. The molecule has 66 valence electrons. The molecular formula is C13H14. The fraction of sp³-hybridized carbons (Fsp3) is 0.231. The van der Waals surface area contributed by atoms with Crippen LogP contribution in [0.3, 0.4) is 0 Å². The monoisotopic (exact) mass is 170 g/mol. The van der Waals surface area contributed by atoms with Crippen molar-refractivity contribution in [1.82, 2.24) is 0 Å². The molecule has 2 bridgehead atoms. The average Bonchev–Trinajstić information content (AvgIpc) is 2.32. The molecule has 0 saturated heterocycles. The lowest BCUT2D eigenvalue weighted by Crippen LogP contribution is -2.14. The minimum Gasteiger partial charge on any atom is -0.0620 e. The lowest BCUT2D eigenvalue weighted by atomic mass is 9.78. The van der Waals surface area contributed by atoms with Crippen LogP contribution in [0, 0.1) is 5.41 Å². The zero-order valence-corrected chi connectivity index (χ0v) is 8.12. The van der Waals surface area contributed by atoms with E-state index in [1.165, 1.54) is 11.1 Å². The van der Waals surface area contributed by atoms with Crippen molar-refractivity contribution in [3.63, 3.8) is 0 Å². The number of rotatable bonds is 0. The Morgan fingerprint density at radius 1 is 0.769 bits per heavy atom. The van der Waals surface area contributed by atoms with Gasteiger partial charge in [0, 0.05) is 5.41 Å². The Morgan fingerprint density at radius 3 is 1.69 bits per heavy atom. The molecule has 0 aliphatic heterocycles. The van der Waals surface area contributed by atoms with Crippen molar-refractivity contribution in [3.05, 3.63) is 59.8 Å². The predicted molar refractivity (Wildman–Crippen MR) is 57.4 cm³/mol. The summed E-state index contributed by atoms with van der Waals surface area (Å²) < 4.78 is 0. The van der Waals surface area contributed by atoms with E-state index in [4.69, 9.17) is 0 Å². The van der Waals surface area contributed by atoms with Gasteiger partial charge in [0.05, 0.1) is 0 Å². The van der Waals surface area contributed by atoms with Gasteiger partial charge in [-0.05, 0) is 11.1 Å². The van der Waals surface area contributed by atoms with Crippen LogP contribution in [0.4, 0.5) is 0 Å². The summed E-state index contributed by atoms with van der Waals surface area (Å²) in [4.78, 5) is 0. The second-order valence-electron chi connectivity index (χ2n) is 3.97. The van der Waals surface area contributed by atoms with Gasteiger partial charge in [0.25, 0.3) is 0 Å². The van der Waals surface area contributed by atoms with E-state index in [0.29, 0.717) is 0 Å². The maximum absolute atomic E-state index is 2.26. The SMILES string of the molecule is CC1(C)C2=CC=CC=C1C=CC=C2. The summed E-state index contributed by atoms with van der Waals surface area (Å²) in [6, 6.07) is 0. The highest BCUT2D eigenvalue weighted by molar-refractivity contribution is 5.48. The zero-order chi connectivity index (χ0) is 9.31. The van der Waals surface area contributed by atoms with Crippen molar-refractivity contribution in [3.8, 4) is 0 Å². The first-order chi connectivity index (χ1) is 6.21. The quantitative estimate of drug-likeness (QED) is 0.521. The highest BCUT2D eigenvalue weighted by atomic mass is 14.3. The Balaban J connectivity index is 2.63. The van der Waals surface area contributed by atoms with Crippen LogP contribution in [-0.2, 0) is 0 Å². The summed E-state index contributed by atoms with van der Waals surface area (Å²) in [7, 11) is 0. The summed E-state index contributed by atoms with van der Waals surface area (Å²) in [6.45, 7) is 4.52. The molecule has 0 heteroatoms. The van der Waals surface area contributed by atoms with Gasteiger partial charge in [0.2, 0.25) is 0 Å². The molecule has 0 radical (unpaired) electrons. The zero-order valence-electron chi connectivity index (χ0n) is 8.12. The molecule has 0 aromatic heterocycles. The van der Waals surface area contributed by atoms with Gasteiger partial charge >= 0.3 is 0 Å². The average molecular weight is 170 g/mol. The third-order valence-corrected chi connectivity index (χ3v) is 2.77. The third-order valence-electron chi connectivity index (χ3n) is 2.77. The molecule has 0 unspecified atom stereocenters. The predicted octanol–water partition coefficient (Wildman–Crippen LogP) is 3.56. The van der Waals surface area contributed by atoms with Crippen LogP contribution in [0.15, 0.2) is 59.8 Å². The van der Waals surface area contributed by atoms with E-state index in [1.807, 2.05) is 0 Å². The van der Waals surface area contributed by atoms with Crippen molar-refractivity contribution < 1.29 is 0 Å². The molecule has 13 heavy (non-hydrogen) atoms. The van der Waals surface area contributed by atoms with Gasteiger partial charge < -0.3 is 0 Å². The fourth-order valence-electron chi connectivity index (χ4n) is 1.75. The summed E-state index contributed by atoms with van der Waals surface area (Å²) >= 11 is 0. The van der Waals surface area contributed by atoms with Crippen LogP contribution in [-0.4, -0.2) is 0 Å². The molecule has 2 rings (SSSR count). The fourth-order valence-corrected chi connectivity index (χ4v) is 1.75. The van der Waals surface area contributed by atoms with Crippen molar-refractivity contribution in [2.24, 2.45) is 5.41 Å². The van der Waals surface area contributed by atoms with Gasteiger partial charge in [-0.1, -0.05) is 62.5 Å². The minimum absolute atomic E-state index is 0.146. The summed E-state index contributed by atoms with van der Waals surface area (Å²) in [5.74, 6) is 0. The molecule has 0 fully saturated rings. The topological polar surface area (TPSA) is 0 Å². The molecule has 0 atom stereocenters. The Labute approximate surface area is 79.7 Å².